The van der Waals surface area contributed by atoms with E-state index in [1.807, 2.05) is 26.8 Å². The van der Waals surface area contributed by atoms with E-state index >= 15 is 0 Å². The van der Waals surface area contributed by atoms with E-state index in [1.54, 1.807) is 0 Å². The Labute approximate surface area is 110 Å². The van der Waals surface area contributed by atoms with Crippen LogP contribution in [0.25, 0.3) is 0 Å². The van der Waals surface area contributed by atoms with Gasteiger partial charge in [-0.05, 0) is 46.5 Å². The summed E-state index contributed by atoms with van der Waals surface area (Å²) in [4.78, 5) is 23.5. The van der Waals surface area contributed by atoms with Gasteiger partial charge < -0.3 is 4.74 Å². The molecule has 0 spiro atoms. The maximum absolute atomic E-state index is 12.0. The Balaban J connectivity index is 2.78. The second-order valence-electron chi connectivity index (χ2n) is 6.04. The molecule has 0 heterocycles. The Morgan fingerprint density at radius 3 is 2.11 bits per heavy atom. The minimum Gasteiger partial charge on any atom is -0.456 e. The Bertz CT molecular complexity index is 341. The molecule has 0 radical (unpaired) electrons. The van der Waals surface area contributed by atoms with E-state index in [1.165, 1.54) is 26.2 Å². The molecule has 0 aromatic rings. The van der Waals surface area contributed by atoms with Gasteiger partial charge in [0.05, 0.1) is 5.57 Å². The molecule has 102 valence electrons. The summed E-state index contributed by atoms with van der Waals surface area (Å²) < 4.78 is 5.27. The molecule has 0 aromatic heterocycles. The van der Waals surface area contributed by atoms with Gasteiger partial charge in [-0.1, -0.05) is 25.3 Å². The van der Waals surface area contributed by atoms with Crippen LogP contribution >= 0.6 is 0 Å². The molecule has 0 amide bonds. The summed E-state index contributed by atoms with van der Waals surface area (Å²) in [6, 6.07) is 0. The van der Waals surface area contributed by atoms with Crippen molar-refractivity contribution in [2.45, 2.75) is 65.4 Å². The van der Waals surface area contributed by atoms with E-state index < -0.39 is 11.6 Å². The number of allylic oxidation sites excluding steroid dienone is 1. The van der Waals surface area contributed by atoms with Crippen molar-refractivity contribution in [2.24, 2.45) is 5.92 Å². The number of hydrogen-bond acceptors (Lipinski definition) is 3. The summed E-state index contributed by atoms with van der Waals surface area (Å²) in [5.74, 6) is -0.333. The SMILES string of the molecule is CC(=O)C(=CC1CCCCC1)C(=O)OC(C)(C)C. The molecule has 0 aromatic carbocycles. The van der Waals surface area contributed by atoms with Gasteiger partial charge in [0.2, 0.25) is 0 Å². The van der Waals surface area contributed by atoms with Crippen LogP contribution in [-0.2, 0) is 14.3 Å². The zero-order valence-corrected chi connectivity index (χ0v) is 11.9. The molecule has 1 aliphatic rings. The second kappa shape index (κ2) is 6.17. The van der Waals surface area contributed by atoms with E-state index in [0.29, 0.717) is 5.92 Å². The average molecular weight is 252 g/mol. The van der Waals surface area contributed by atoms with E-state index in [0.717, 1.165) is 12.8 Å². The third kappa shape index (κ3) is 5.03. The molecule has 0 saturated heterocycles. The highest BCUT2D eigenvalue weighted by Gasteiger charge is 2.24. The van der Waals surface area contributed by atoms with Gasteiger partial charge in [-0.15, -0.1) is 0 Å². The van der Waals surface area contributed by atoms with Crippen molar-refractivity contribution in [1.82, 2.24) is 0 Å². The highest BCUT2D eigenvalue weighted by Crippen LogP contribution is 2.26. The Morgan fingerprint density at radius 2 is 1.67 bits per heavy atom. The zero-order chi connectivity index (χ0) is 13.8. The number of ketones is 1. The fourth-order valence-electron chi connectivity index (χ4n) is 2.20. The molecular formula is C15H24O3. The van der Waals surface area contributed by atoms with Gasteiger partial charge in [-0.2, -0.15) is 0 Å². The van der Waals surface area contributed by atoms with Gasteiger partial charge in [0.1, 0.15) is 5.60 Å². The molecule has 0 aliphatic heterocycles. The Hall–Kier alpha value is -1.12. The lowest BCUT2D eigenvalue weighted by Crippen LogP contribution is -2.27. The smallest absolute Gasteiger partial charge is 0.341 e. The quantitative estimate of drug-likeness (QED) is 0.334. The van der Waals surface area contributed by atoms with Crippen molar-refractivity contribution >= 4 is 11.8 Å². The largest absolute Gasteiger partial charge is 0.456 e. The number of ether oxygens (including phenoxy) is 1. The van der Waals surface area contributed by atoms with Crippen LogP contribution in [0.4, 0.5) is 0 Å². The van der Waals surface area contributed by atoms with Crippen molar-refractivity contribution in [3.05, 3.63) is 11.6 Å². The van der Waals surface area contributed by atoms with Gasteiger partial charge in [0.15, 0.2) is 5.78 Å². The van der Waals surface area contributed by atoms with Crippen LogP contribution in [0.3, 0.4) is 0 Å². The molecule has 1 saturated carbocycles. The fourth-order valence-corrected chi connectivity index (χ4v) is 2.20. The number of hydrogen-bond donors (Lipinski definition) is 0. The topological polar surface area (TPSA) is 43.4 Å². The highest BCUT2D eigenvalue weighted by molar-refractivity contribution is 6.16. The molecule has 18 heavy (non-hydrogen) atoms. The van der Waals surface area contributed by atoms with Gasteiger partial charge in [0.25, 0.3) is 0 Å². The normalized spacial score (nSPS) is 18.6. The van der Waals surface area contributed by atoms with Gasteiger partial charge in [-0.25, -0.2) is 4.79 Å². The minimum absolute atomic E-state index is 0.199. The molecule has 0 bridgehead atoms. The number of carbonyl (C=O) groups excluding carboxylic acids is 2. The van der Waals surface area contributed by atoms with Crippen LogP contribution in [0, 0.1) is 5.92 Å². The lowest BCUT2D eigenvalue weighted by molar-refractivity contribution is -0.150. The standard InChI is InChI=1S/C15H24O3/c1-11(16)13(14(17)18-15(2,3)4)10-12-8-6-5-7-9-12/h10,12H,5-9H2,1-4H3. The van der Waals surface area contributed by atoms with Crippen molar-refractivity contribution in [1.29, 1.82) is 0 Å². The van der Waals surface area contributed by atoms with Crippen LogP contribution in [0.5, 0.6) is 0 Å². The van der Waals surface area contributed by atoms with E-state index in [4.69, 9.17) is 4.74 Å². The van der Waals surface area contributed by atoms with Crippen molar-refractivity contribution in [3.63, 3.8) is 0 Å². The summed E-state index contributed by atoms with van der Waals surface area (Å²) in [5.41, 5.74) is -0.338. The zero-order valence-electron chi connectivity index (χ0n) is 11.9. The third-order valence-electron chi connectivity index (χ3n) is 3.05. The van der Waals surface area contributed by atoms with Crippen LogP contribution in [0.1, 0.15) is 59.8 Å². The summed E-state index contributed by atoms with van der Waals surface area (Å²) in [6.07, 6.45) is 7.59. The van der Waals surface area contributed by atoms with Gasteiger partial charge in [0, 0.05) is 0 Å². The number of esters is 1. The predicted octanol–water partition coefficient (Wildman–Crippen LogP) is 3.42. The van der Waals surface area contributed by atoms with Gasteiger partial charge in [-0.3, -0.25) is 4.79 Å². The predicted molar refractivity (Wildman–Crippen MR) is 71.2 cm³/mol. The average Bonchev–Trinajstić information content (AvgIpc) is 2.24. The molecule has 0 N–H and O–H groups in total. The maximum atomic E-state index is 12.0. The third-order valence-corrected chi connectivity index (χ3v) is 3.05. The molecular weight excluding hydrogens is 228 g/mol. The number of Topliss-reactive ketones (excluding diaryl/α,β-unsaturated/α-hetero) is 1. The summed E-state index contributed by atoms with van der Waals surface area (Å²) in [7, 11) is 0. The van der Waals surface area contributed by atoms with Crippen LogP contribution in [-0.4, -0.2) is 17.4 Å². The molecule has 0 atom stereocenters. The minimum atomic E-state index is -0.557. The van der Waals surface area contributed by atoms with Crippen molar-refractivity contribution in [3.8, 4) is 0 Å². The van der Waals surface area contributed by atoms with Crippen molar-refractivity contribution < 1.29 is 14.3 Å². The van der Waals surface area contributed by atoms with E-state index in [-0.39, 0.29) is 11.4 Å². The monoisotopic (exact) mass is 252 g/mol. The number of rotatable bonds is 3. The summed E-state index contributed by atoms with van der Waals surface area (Å²) in [6.45, 7) is 6.86. The molecule has 1 aliphatic carbocycles. The first-order valence-electron chi connectivity index (χ1n) is 6.76. The Kier molecular flexibility index (Phi) is 5.12. The summed E-state index contributed by atoms with van der Waals surface area (Å²) >= 11 is 0. The molecule has 1 fully saturated rings. The van der Waals surface area contributed by atoms with E-state index in [2.05, 4.69) is 0 Å². The number of carbonyl (C=O) groups is 2. The molecule has 3 heteroatoms. The Morgan fingerprint density at radius 1 is 1.11 bits per heavy atom. The molecule has 1 rings (SSSR count). The molecule has 3 nitrogen and oxygen atoms in total. The lowest BCUT2D eigenvalue weighted by atomic mass is 9.87. The first kappa shape index (κ1) is 14.9. The van der Waals surface area contributed by atoms with Crippen LogP contribution < -0.4 is 0 Å². The van der Waals surface area contributed by atoms with Crippen molar-refractivity contribution in [2.75, 3.05) is 0 Å². The molecule has 0 unspecified atom stereocenters. The highest BCUT2D eigenvalue weighted by atomic mass is 16.6. The lowest BCUT2D eigenvalue weighted by Gasteiger charge is -2.22. The van der Waals surface area contributed by atoms with Crippen LogP contribution in [0.15, 0.2) is 11.6 Å². The first-order chi connectivity index (χ1) is 8.29. The van der Waals surface area contributed by atoms with E-state index in [9.17, 15) is 9.59 Å². The summed E-state index contributed by atoms with van der Waals surface area (Å²) in [5, 5.41) is 0. The maximum Gasteiger partial charge on any atom is 0.341 e. The van der Waals surface area contributed by atoms with Crippen LogP contribution in [0.2, 0.25) is 0 Å². The second-order valence-corrected chi connectivity index (χ2v) is 6.04. The first-order valence-corrected chi connectivity index (χ1v) is 6.76. The fraction of sp³-hybridized carbons (Fsp3) is 0.733. The van der Waals surface area contributed by atoms with Gasteiger partial charge >= 0.3 is 5.97 Å².